The number of aryl methyl sites for hydroxylation is 4. The molecule has 0 bridgehead atoms. The molecule has 0 spiro atoms. The van der Waals surface area contributed by atoms with Crippen LogP contribution in [0.1, 0.15) is 41.6 Å². The predicted molar refractivity (Wildman–Crippen MR) is 101 cm³/mol. The van der Waals surface area contributed by atoms with E-state index in [0.717, 1.165) is 36.2 Å². The number of aromatic nitrogens is 1. The van der Waals surface area contributed by atoms with Gasteiger partial charge in [0, 0.05) is 11.7 Å². The normalized spacial score (nSPS) is 17.8. The van der Waals surface area contributed by atoms with E-state index < -0.39 is 11.6 Å². The molecule has 1 atom stereocenters. The number of hydrogen-bond donors (Lipinski definition) is 1. The molecule has 3 rings (SSSR count). The van der Waals surface area contributed by atoms with Crippen molar-refractivity contribution in [2.45, 2.75) is 51.5 Å². The van der Waals surface area contributed by atoms with Gasteiger partial charge >= 0.3 is 0 Å². The van der Waals surface area contributed by atoms with Gasteiger partial charge in [0.2, 0.25) is 0 Å². The van der Waals surface area contributed by atoms with Gasteiger partial charge in [-0.3, -0.25) is 0 Å². The minimum absolute atomic E-state index is 0.413. The number of likely N-dealkylation sites (tertiary alicyclic amines) is 1. The number of benzene rings is 1. The van der Waals surface area contributed by atoms with Gasteiger partial charge < -0.3 is 10.6 Å². The molecule has 140 valence electrons. The first kappa shape index (κ1) is 18.8. The fraction of sp³-hybridized carbons (Fsp3) is 0.476. The highest BCUT2D eigenvalue weighted by atomic mass is 19.2. The molecular weight excluding hydrogens is 332 g/mol. The zero-order valence-corrected chi connectivity index (χ0v) is 15.6. The summed E-state index contributed by atoms with van der Waals surface area (Å²) in [4.78, 5) is 6.63. The summed E-state index contributed by atoms with van der Waals surface area (Å²) in [6.07, 6.45) is 5.11. The van der Waals surface area contributed by atoms with Crippen LogP contribution in [0.3, 0.4) is 0 Å². The third kappa shape index (κ3) is 4.58. The molecule has 0 radical (unpaired) electrons. The summed E-state index contributed by atoms with van der Waals surface area (Å²) >= 11 is 0. The van der Waals surface area contributed by atoms with E-state index >= 15 is 0 Å². The lowest BCUT2D eigenvalue weighted by Crippen LogP contribution is -2.25. The Morgan fingerprint density at radius 3 is 2.65 bits per heavy atom. The Hall–Kier alpha value is -2.01. The number of halogens is 2. The van der Waals surface area contributed by atoms with E-state index in [2.05, 4.69) is 16.9 Å². The van der Waals surface area contributed by atoms with Crippen LogP contribution in [0, 0.1) is 18.6 Å². The van der Waals surface area contributed by atoms with E-state index in [4.69, 9.17) is 5.73 Å². The van der Waals surface area contributed by atoms with E-state index in [0.29, 0.717) is 30.3 Å². The van der Waals surface area contributed by atoms with Gasteiger partial charge in [-0.25, -0.2) is 13.8 Å². The Morgan fingerprint density at radius 1 is 1.15 bits per heavy atom. The largest absolute Gasteiger partial charge is 0.384 e. The van der Waals surface area contributed by atoms with Crippen molar-refractivity contribution in [3.05, 3.63) is 58.3 Å². The zero-order valence-electron chi connectivity index (χ0n) is 15.6. The molecule has 1 aliphatic heterocycles. The van der Waals surface area contributed by atoms with Gasteiger partial charge in [-0.2, -0.15) is 0 Å². The fourth-order valence-corrected chi connectivity index (χ4v) is 3.87. The fourth-order valence-electron chi connectivity index (χ4n) is 3.87. The molecule has 2 N–H and O–H groups in total. The van der Waals surface area contributed by atoms with Crippen LogP contribution in [0.25, 0.3) is 0 Å². The summed E-state index contributed by atoms with van der Waals surface area (Å²) in [7, 11) is 2.13. The van der Waals surface area contributed by atoms with E-state index in [1.807, 2.05) is 19.1 Å². The molecular formula is C21H27F2N3. The maximum absolute atomic E-state index is 14.2. The average Bonchev–Trinajstić information content (AvgIpc) is 2.99. The van der Waals surface area contributed by atoms with Gasteiger partial charge in [0.1, 0.15) is 5.82 Å². The van der Waals surface area contributed by atoms with Gasteiger partial charge in [-0.05, 0) is 93.9 Å². The molecule has 1 aromatic heterocycles. The Morgan fingerprint density at radius 2 is 1.96 bits per heavy atom. The summed E-state index contributed by atoms with van der Waals surface area (Å²) < 4.78 is 28.3. The number of nitrogens with zero attached hydrogens (tertiary/aromatic N) is 2. The minimum Gasteiger partial charge on any atom is -0.384 e. The second kappa shape index (κ2) is 8.12. The van der Waals surface area contributed by atoms with Crippen molar-refractivity contribution in [1.29, 1.82) is 0 Å². The highest BCUT2D eigenvalue weighted by molar-refractivity contribution is 5.35. The maximum atomic E-state index is 14.2. The third-order valence-electron chi connectivity index (χ3n) is 5.29. The van der Waals surface area contributed by atoms with Crippen molar-refractivity contribution in [3.8, 4) is 0 Å². The van der Waals surface area contributed by atoms with Crippen molar-refractivity contribution in [3.63, 3.8) is 0 Å². The Labute approximate surface area is 154 Å². The van der Waals surface area contributed by atoms with Gasteiger partial charge in [-0.15, -0.1) is 0 Å². The zero-order chi connectivity index (χ0) is 18.7. The standard InChI is InChI=1S/C21H27F2N3/c1-14-10-17(25-20(24)11-14)7-6-16-12-15(13-19(22)21(16)23)5-8-18-4-3-9-26(18)2/h10-13,18H,3-9H2,1-2H3,(H2,24,25)/t18-/m1/s1. The molecule has 5 heteroatoms. The van der Waals surface area contributed by atoms with Gasteiger partial charge in [-0.1, -0.05) is 6.07 Å². The molecule has 26 heavy (non-hydrogen) atoms. The van der Waals surface area contributed by atoms with Crippen LogP contribution in [0.4, 0.5) is 14.6 Å². The monoisotopic (exact) mass is 359 g/mol. The van der Waals surface area contributed by atoms with Crippen molar-refractivity contribution in [1.82, 2.24) is 9.88 Å². The molecule has 0 saturated carbocycles. The molecule has 0 amide bonds. The second-order valence-corrected chi connectivity index (χ2v) is 7.43. The Balaban J connectivity index is 1.69. The smallest absolute Gasteiger partial charge is 0.162 e. The maximum Gasteiger partial charge on any atom is 0.162 e. The summed E-state index contributed by atoms with van der Waals surface area (Å²) in [5, 5.41) is 0. The molecule has 2 aromatic rings. The van der Waals surface area contributed by atoms with E-state index in [9.17, 15) is 8.78 Å². The summed E-state index contributed by atoms with van der Waals surface area (Å²) in [5.41, 5.74) is 8.88. The summed E-state index contributed by atoms with van der Waals surface area (Å²) in [6.45, 7) is 3.07. The molecule has 0 unspecified atom stereocenters. The van der Waals surface area contributed by atoms with Crippen molar-refractivity contribution in [2.24, 2.45) is 0 Å². The van der Waals surface area contributed by atoms with Crippen LogP contribution >= 0.6 is 0 Å². The highest BCUT2D eigenvalue weighted by Crippen LogP contribution is 2.23. The topological polar surface area (TPSA) is 42.1 Å². The lowest BCUT2D eigenvalue weighted by atomic mass is 9.99. The van der Waals surface area contributed by atoms with Gasteiger partial charge in [0.15, 0.2) is 11.6 Å². The lowest BCUT2D eigenvalue weighted by molar-refractivity contribution is 0.296. The van der Waals surface area contributed by atoms with E-state index in [1.54, 1.807) is 6.07 Å². The van der Waals surface area contributed by atoms with Gasteiger partial charge in [0.25, 0.3) is 0 Å². The molecule has 3 nitrogen and oxygen atoms in total. The first-order valence-corrected chi connectivity index (χ1v) is 9.32. The van der Waals surface area contributed by atoms with Crippen molar-refractivity contribution >= 4 is 5.82 Å². The van der Waals surface area contributed by atoms with Crippen molar-refractivity contribution in [2.75, 3.05) is 19.3 Å². The molecule has 1 aliphatic rings. The van der Waals surface area contributed by atoms with Crippen LogP contribution < -0.4 is 5.73 Å². The molecule has 1 saturated heterocycles. The van der Waals surface area contributed by atoms with Gasteiger partial charge in [0.05, 0.1) is 0 Å². The van der Waals surface area contributed by atoms with Crippen LogP contribution in [0.15, 0.2) is 24.3 Å². The predicted octanol–water partition coefficient (Wildman–Crippen LogP) is 4.06. The number of rotatable bonds is 6. The quantitative estimate of drug-likeness (QED) is 0.846. The van der Waals surface area contributed by atoms with Crippen LogP contribution in [0.5, 0.6) is 0 Å². The van der Waals surface area contributed by atoms with E-state index in [1.165, 1.54) is 18.9 Å². The molecule has 0 aliphatic carbocycles. The summed E-state index contributed by atoms with van der Waals surface area (Å²) in [6, 6.07) is 7.43. The Kier molecular flexibility index (Phi) is 5.87. The minimum atomic E-state index is -0.756. The lowest BCUT2D eigenvalue weighted by Gasteiger charge is -2.19. The van der Waals surface area contributed by atoms with Crippen LogP contribution in [-0.2, 0) is 19.3 Å². The third-order valence-corrected chi connectivity index (χ3v) is 5.29. The Bertz CT molecular complexity index is 756. The highest BCUT2D eigenvalue weighted by Gasteiger charge is 2.21. The van der Waals surface area contributed by atoms with Crippen LogP contribution in [0.2, 0.25) is 0 Å². The number of hydrogen-bond acceptors (Lipinski definition) is 3. The second-order valence-electron chi connectivity index (χ2n) is 7.43. The average molecular weight is 359 g/mol. The number of nitrogen functional groups attached to an aromatic ring is 1. The van der Waals surface area contributed by atoms with E-state index in [-0.39, 0.29) is 0 Å². The first-order valence-electron chi connectivity index (χ1n) is 9.32. The first-order chi connectivity index (χ1) is 12.4. The number of pyridine rings is 1. The van der Waals surface area contributed by atoms with Crippen molar-refractivity contribution < 1.29 is 8.78 Å². The summed E-state index contributed by atoms with van der Waals surface area (Å²) in [5.74, 6) is -1.04. The van der Waals surface area contributed by atoms with Crippen LogP contribution in [-0.4, -0.2) is 29.5 Å². The molecule has 1 fully saturated rings. The molecule has 2 heterocycles. The molecule has 1 aromatic carbocycles. The SMILES string of the molecule is Cc1cc(N)nc(CCc2cc(CC[C@H]3CCCN3C)cc(F)c2F)c1. The number of anilines is 1. The number of nitrogens with two attached hydrogens (primary N) is 1.